The molecule has 0 radical (unpaired) electrons. The highest BCUT2D eigenvalue weighted by atomic mass is 79.9. The van der Waals surface area contributed by atoms with Crippen LogP contribution < -0.4 is 5.73 Å². The van der Waals surface area contributed by atoms with Gasteiger partial charge in [-0.3, -0.25) is 0 Å². The molecule has 0 bridgehead atoms. The first-order valence-electron chi connectivity index (χ1n) is 3.94. The smallest absolute Gasteiger partial charge is 0.324 e. The Balaban J connectivity index is 0.00000196. The van der Waals surface area contributed by atoms with Gasteiger partial charge in [-0.2, -0.15) is 13.2 Å². The second-order valence-electron chi connectivity index (χ2n) is 3.06. The number of hydrogen-bond acceptors (Lipinski definition) is 1. The summed E-state index contributed by atoms with van der Waals surface area (Å²) in [7, 11) is 0. The zero-order valence-electron chi connectivity index (χ0n) is 7.81. The Labute approximate surface area is 100 Å². The van der Waals surface area contributed by atoms with Crippen molar-refractivity contribution in [3.05, 3.63) is 33.8 Å². The largest absolute Gasteiger partial charge is 0.416 e. The van der Waals surface area contributed by atoms with Gasteiger partial charge in [0.05, 0.1) is 5.56 Å². The summed E-state index contributed by atoms with van der Waals surface area (Å²) >= 11 is 3.02. The fourth-order valence-corrected chi connectivity index (χ4v) is 1.55. The molecule has 0 unspecified atom stereocenters. The third-order valence-corrected chi connectivity index (χ3v) is 2.23. The molecule has 0 saturated carbocycles. The molecule has 0 saturated heterocycles. The minimum absolute atomic E-state index is 0. The number of hydrogen-bond donors (Lipinski definition) is 1. The first kappa shape index (κ1) is 14.7. The summed E-state index contributed by atoms with van der Waals surface area (Å²) in [6.45, 7) is 1.64. The van der Waals surface area contributed by atoms with Crippen LogP contribution in [0, 0.1) is 0 Å². The summed E-state index contributed by atoms with van der Waals surface area (Å²) in [4.78, 5) is 0. The third kappa shape index (κ3) is 4.01. The van der Waals surface area contributed by atoms with Crippen molar-refractivity contribution in [3.8, 4) is 0 Å². The van der Waals surface area contributed by atoms with E-state index in [-0.39, 0.29) is 12.4 Å². The van der Waals surface area contributed by atoms with Gasteiger partial charge < -0.3 is 5.73 Å². The van der Waals surface area contributed by atoms with E-state index in [9.17, 15) is 13.2 Å². The molecule has 0 fully saturated rings. The second-order valence-corrected chi connectivity index (χ2v) is 3.98. The molecule has 0 aromatic heterocycles. The molecular weight excluding hydrogens is 294 g/mol. The Morgan fingerprint density at radius 3 is 2.20 bits per heavy atom. The van der Waals surface area contributed by atoms with Gasteiger partial charge in [-0.25, -0.2) is 0 Å². The Hall–Kier alpha value is -0.260. The lowest BCUT2D eigenvalue weighted by atomic mass is 10.1. The molecule has 0 heterocycles. The van der Waals surface area contributed by atoms with Crippen molar-refractivity contribution < 1.29 is 13.2 Å². The van der Waals surface area contributed by atoms with Crippen molar-refractivity contribution >= 4 is 28.3 Å². The molecule has 1 aromatic rings. The van der Waals surface area contributed by atoms with E-state index in [1.165, 1.54) is 0 Å². The van der Waals surface area contributed by atoms with E-state index in [2.05, 4.69) is 15.9 Å². The van der Waals surface area contributed by atoms with Gasteiger partial charge in [0.1, 0.15) is 0 Å². The molecule has 15 heavy (non-hydrogen) atoms. The van der Waals surface area contributed by atoms with E-state index in [1.54, 1.807) is 13.0 Å². The van der Waals surface area contributed by atoms with Crippen LogP contribution in [0.2, 0.25) is 0 Å². The summed E-state index contributed by atoms with van der Waals surface area (Å²) in [5.41, 5.74) is 5.29. The molecule has 0 aliphatic carbocycles. The topological polar surface area (TPSA) is 26.0 Å². The lowest BCUT2D eigenvalue weighted by Gasteiger charge is -2.11. The van der Waals surface area contributed by atoms with Crippen LogP contribution >= 0.6 is 28.3 Å². The number of nitrogens with two attached hydrogens (primary N) is 1. The van der Waals surface area contributed by atoms with E-state index in [0.717, 1.165) is 12.1 Å². The maximum absolute atomic E-state index is 12.3. The average Bonchev–Trinajstić information content (AvgIpc) is 2.01. The van der Waals surface area contributed by atoms with E-state index < -0.39 is 17.8 Å². The summed E-state index contributed by atoms with van der Waals surface area (Å²) in [6, 6.07) is 3.27. The fraction of sp³-hybridized carbons (Fsp3) is 0.333. The van der Waals surface area contributed by atoms with Crippen LogP contribution in [-0.2, 0) is 6.18 Å². The predicted octanol–water partition coefficient (Wildman–Crippen LogP) is 3.91. The highest BCUT2D eigenvalue weighted by Crippen LogP contribution is 2.32. The molecule has 2 N–H and O–H groups in total. The Morgan fingerprint density at radius 2 is 1.80 bits per heavy atom. The summed E-state index contributed by atoms with van der Waals surface area (Å²) in [5, 5.41) is 0. The highest BCUT2D eigenvalue weighted by Gasteiger charge is 2.31. The van der Waals surface area contributed by atoms with Crippen molar-refractivity contribution in [2.75, 3.05) is 0 Å². The molecule has 0 amide bonds. The molecule has 0 aliphatic rings. The van der Waals surface area contributed by atoms with Gasteiger partial charge in [0.25, 0.3) is 0 Å². The van der Waals surface area contributed by atoms with Crippen LogP contribution in [0.15, 0.2) is 22.7 Å². The molecule has 0 aliphatic heterocycles. The average molecular weight is 305 g/mol. The number of halogens is 5. The number of alkyl halides is 3. The highest BCUT2D eigenvalue weighted by molar-refractivity contribution is 9.10. The predicted molar refractivity (Wildman–Crippen MR) is 59.0 cm³/mol. The zero-order valence-corrected chi connectivity index (χ0v) is 10.2. The Morgan fingerprint density at radius 1 is 1.27 bits per heavy atom. The zero-order chi connectivity index (χ0) is 10.9. The molecule has 1 aromatic carbocycles. The third-order valence-electron chi connectivity index (χ3n) is 1.77. The molecule has 1 nitrogen and oxygen atoms in total. The van der Waals surface area contributed by atoms with Gasteiger partial charge in [-0.15, -0.1) is 12.4 Å². The van der Waals surface area contributed by atoms with Gasteiger partial charge in [-0.05, 0) is 30.7 Å². The normalized spacial score (nSPS) is 13.2. The number of rotatable bonds is 1. The standard InChI is InChI=1S/C9H9BrF3N.ClH/c1-5(14)6-2-7(9(11,12)13)4-8(10)3-6;/h2-5H,14H2,1H3;1H/t5-;/m1./s1. The van der Waals surface area contributed by atoms with Crippen LogP contribution in [0.25, 0.3) is 0 Å². The van der Waals surface area contributed by atoms with E-state index in [0.29, 0.717) is 10.0 Å². The molecular formula is C9H10BrClF3N. The van der Waals surface area contributed by atoms with E-state index in [4.69, 9.17) is 5.73 Å². The lowest BCUT2D eigenvalue weighted by molar-refractivity contribution is -0.137. The summed E-state index contributed by atoms with van der Waals surface area (Å²) in [5.74, 6) is 0. The fourth-order valence-electron chi connectivity index (χ4n) is 1.04. The molecule has 86 valence electrons. The van der Waals surface area contributed by atoms with Gasteiger partial charge in [-0.1, -0.05) is 15.9 Å². The van der Waals surface area contributed by atoms with Crippen molar-refractivity contribution in [1.82, 2.24) is 0 Å². The second kappa shape index (κ2) is 5.18. The molecule has 1 atom stereocenters. The van der Waals surface area contributed by atoms with Crippen molar-refractivity contribution in [2.24, 2.45) is 5.73 Å². The number of benzene rings is 1. The van der Waals surface area contributed by atoms with Gasteiger partial charge in [0.2, 0.25) is 0 Å². The molecule has 0 spiro atoms. The maximum atomic E-state index is 12.3. The summed E-state index contributed by atoms with van der Waals surface area (Å²) < 4.78 is 37.4. The van der Waals surface area contributed by atoms with E-state index in [1.807, 2.05) is 0 Å². The maximum Gasteiger partial charge on any atom is 0.416 e. The van der Waals surface area contributed by atoms with Crippen molar-refractivity contribution in [2.45, 2.75) is 19.1 Å². The summed E-state index contributed by atoms with van der Waals surface area (Å²) in [6.07, 6.45) is -4.33. The van der Waals surface area contributed by atoms with Crippen LogP contribution in [-0.4, -0.2) is 0 Å². The van der Waals surface area contributed by atoms with Crippen LogP contribution in [0.5, 0.6) is 0 Å². The molecule has 6 heteroatoms. The minimum atomic E-state index is -4.33. The quantitative estimate of drug-likeness (QED) is 0.836. The van der Waals surface area contributed by atoms with Crippen LogP contribution in [0.1, 0.15) is 24.1 Å². The SMILES string of the molecule is C[C@@H](N)c1cc(Br)cc(C(F)(F)F)c1.Cl. The Kier molecular flexibility index (Phi) is 5.09. The monoisotopic (exact) mass is 303 g/mol. The first-order chi connectivity index (χ1) is 6.30. The van der Waals surface area contributed by atoms with Gasteiger partial charge >= 0.3 is 6.18 Å². The minimum Gasteiger partial charge on any atom is -0.324 e. The van der Waals surface area contributed by atoms with Crippen LogP contribution in [0.4, 0.5) is 13.2 Å². The van der Waals surface area contributed by atoms with Crippen molar-refractivity contribution in [1.29, 1.82) is 0 Å². The Bertz CT molecular complexity index is 339. The van der Waals surface area contributed by atoms with Gasteiger partial charge in [0, 0.05) is 10.5 Å². The van der Waals surface area contributed by atoms with Crippen LogP contribution in [0.3, 0.4) is 0 Å². The molecule has 1 rings (SSSR count). The van der Waals surface area contributed by atoms with Gasteiger partial charge in [0.15, 0.2) is 0 Å². The lowest BCUT2D eigenvalue weighted by Crippen LogP contribution is -2.09. The van der Waals surface area contributed by atoms with Crippen molar-refractivity contribution in [3.63, 3.8) is 0 Å². The first-order valence-corrected chi connectivity index (χ1v) is 4.73. The van der Waals surface area contributed by atoms with E-state index >= 15 is 0 Å².